The summed E-state index contributed by atoms with van der Waals surface area (Å²) in [5.41, 5.74) is 3.92. The molecule has 0 unspecified atom stereocenters. The van der Waals surface area contributed by atoms with Gasteiger partial charge in [-0.2, -0.15) is 4.72 Å². The zero-order valence-corrected chi connectivity index (χ0v) is 19.1. The molecule has 1 atom stereocenters. The van der Waals surface area contributed by atoms with Crippen molar-refractivity contribution in [2.45, 2.75) is 30.3 Å². The highest BCUT2D eigenvalue weighted by Crippen LogP contribution is 2.28. The third kappa shape index (κ3) is 4.74. The minimum absolute atomic E-state index is 0.0969. The van der Waals surface area contributed by atoms with Gasteiger partial charge < -0.3 is 20.3 Å². The van der Waals surface area contributed by atoms with Crippen molar-refractivity contribution in [2.24, 2.45) is 0 Å². The Hall–Kier alpha value is -2.92. The number of nitrogens with zero attached hydrogens (tertiary/aromatic N) is 1. The number of aromatic nitrogens is 1. The summed E-state index contributed by atoms with van der Waals surface area (Å²) >= 11 is 6.06. The molecule has 0 spiro atoms. The highest BCUT2D eigenvalue weighted by atomic mass is 35.5. The maximum atomic E-state index is 13.0. The molecule has 2 aromatic carbocycles. The zero-order chi connectivity index (χ0) is 23.6. The third-order valence-electron chi connectivity index (χ3n) is 5.80. The number of carbonyl (C=O) groups excluding carboxylic acids is 1. The summed E-state index contributed by atoms with van der Waals surface area (Å²) < 4.78 is 28.3. The second kappa shape index (κ2) is 9.52. The Kier molecular flexibility index (Phi) is 6.71. The van der Waals surface area contributed by atoms with Gasteiger partial charge in [0.2, 0.25) is 15.9 Å². The van der Waals surface area contributed by atoms with E-state index in [-0.39, 0.29) is 17.3 Å². The average Bonchev–Trinajstić information content (AvgIpc) is 3.36. The van der Waals surface area contributed by atoms with Gasteiger partial charge in [0.15, 0.2) is 0 Å². The Morgan fingerprint density at radius 1 is 1.18 bits per heavy atom. The molecule has 11 heteroatoms. The number of anilines is 1. The van der Waals surface area contributed by atoms with E-state index in [1.807, 2.05) is 12.1 Å². The number of fused-ring (bicyclic) bond motifs is 2. The van der Waals surface area contributed by atoms with Crippen LogP contribution in [0.2, 0.25) is 5.02 Å². The number of hydrogen-bond donors (Lipinski definition) is 4. The molecule has 1 aromatic heterocycles. The van der Waals surface area contributed by atoms with Crippen LogP contribution >= 0.6 is 11.6 Å². The van der Waals surface area contributed by atoms with Crippen LogP contribution in [0.5, 0.6) is 0 Å². The summed E-state index contributed by atoms with van der Waals surface area (Å²) in [6, 6.07) is 9.93. The Morgan fingerprint density at radius 2 is 1.97 bits per heavy atom. The highest BCUT2D eigenvalue weighted by Gasteiger charge is 2.36. The van der Waals surface area contributed by atoms with E-state index in [4.69, 9.17) is 21.5 Å². The molecule has 3 aromatic rings. The van der Waals surface area contributed by atoms with E-state index in [0.29, 0.717) is 23.5 Å². The fourth-order valence-electron chi connectivity index (χ4n) is 4.17. The van der Waals surface area contributed by atoms with E-state index in [1.165, 1.54) is 23.3 Å². The standard InChI is InChI=1S/C21H21ClN4O3S.CH2O2/c22-18-12-24-20-10-16(3-4-17(18)20)30(28,29)25-19-6-8-26(21(19)27)15-2-1-13-5-7-23-11-14(13)9-15;2-1-3/h1-4,9-10,12,19,23-25H,5-8,11H2;1H,(H,2,3)/t19-;/m0./s1. The zero-order valence-electron chi connectivity index (χ0n) is 17.5. The van der Waals surface area contributed by atoms with Gasteiger partial charge in [0.1, 0.15) is 6.04 Å². The van der Waals surface area contributed by atoms with E-state index in [0.717, 1.165) is 30.6 Å². The number of nitrogens with one attached hydrogen (secondary N) is 3. The second-order valence-corrected chi connectivity index (χ2v) is 9.90. The molecule has 1 saturated heterocycles. The SMILES string of the molecule is O=C1[C@@H](NS(=O)(=O)c2ccc3c(Cl)c[nH]c3c2)CCN1c1ccc2c(c1)CNCC2.O=CO. The molecule has 3 heterocycles. The molecule has 174 valence electrons. The van der Waals surface area contributed by atoms with E-state index >= 15 is 0 Å². The van der Waals surface area contributed by atoms with Crippen LogP contribution in [-0.4, -0.2) is 50.0 Å². The van der Waals surface area contributed by atoms with Crippen LogP contribution in [0.1, 0.15) is 17.5 Å². The Labute approximate surface area is 195 Å². The van der Waals surface area contributed by atoms with Crippen LogP contribution in [0.4, 0.5) is 5.69 Å². The Balaban J connectivity index is 0.000000821. The molecule has 2 aliphatic heterocycles. The number of halogens is 1. The van der Waals surface area contributed by atoms with Gasteiger partial charge in [-0.25, -0.2) is 8.42 Å². The van der Waals surface area contributed by atoms with E-state index in [1.54, 1.807) is 17.2 Å². The fourth-order valence-corrected chi connectivity index (χ4v) is 5.64. The van der Waals surface area contributed by atoms with Crippen molar-refractivity contribution in [1.82, 2.24) is 15.0 Å². The number of carbonyl (C=O) groups is 2. The number of hydrogen-bond acceptors (Lipinski definition) is 5. The molecule has 0 bridgehead atoms. The van der Waals surface area contributed by atoms with E-state index in [9.17, 15) is 13.2 Å². The molecule has 0 radical (unpaired) electrons. The lowest BCUT2D eigenvalue weighted by atomic mass is 10.0. The molecule has 0 saturated carbocycles. The summed E-state index contributed by atoms with van der Waals surface area (Å²) in [7, 11) is -3.85. The van der Waals surface area contributed by atoms with Crippen LogP contribution in [0.3, 0.4) is 0 Å². The minimum Gasteiger partial charge on any atom is -0.483 e. The molecule has 2 aliphatic rings. The van der Waals surface area contributed by atoms with Gasteiger partial charge in [0, 0.05) is 35.9 Å². The van der Waals surface area contributed by atoms with Crippen LogP contribution in [0.15, 0.2) is 47.5 Å². The molecule has 0 aliphatic carbocycles. The van der Waals surface area contributed by atoms with E-state index < -0.39 is 16.1 Å². The quantitative estimate of drug-likeness (QED) is 0.415. The maximum absolute atomic E-state index is 13.0. The normalized spacial score (nSPS) is 18.0. The monoisotopic (exact) mass is 490 g/mol. The first kappa shape index (κ1) is 23.2. The molecular formula is C22H23ClN4O5S. The summed E-state index contributed by atoms with van der Waals surface area (Å²) in [6.45, 7) is 1.97. The van der Waals surface area contributed by atoms with Crippen LogP contribution < -0.4 is 14.9 Å². The summed E-state index contributed by atoms with van der Waals surface area (Å²) in [4.78, 5) is 26.0. The molecule has 9 nitrogen and oxygen atoms in total. The topological polar surface area (TPSA) is 132 Å². The molecule has 4 N–H and O–H groups in total. The van der Waals surface area contributed by atoms with Gasteiger partial charge in [0.25, 0.3) is 6.47 Å². The number of sulfonamides is 1. The van der Waals surface area contributed by atoms with E-state index in [2.05, 4.69) is 21.1 Å². The minimum atomic E-state index is -3.85. The molecule has 1 amide bonds. The smallest absolute Gasteiger partial charge is 0.290 e. The van der Waals surface area contributed by atoms with Gasteiger partial charge in [-0.05, 0) is 60.8 Å². The van der Waals surface area contributed by atoms with Crippen molar-refractivity contribution in [3.8, 4) is 0 Å². The lowest BCUT2D eigenvalue weighted by Crippen LogP contribution is -2.41. The fraction of sp³-hybridized carbons (Fsp3) is 0.273. The predicted octanol–water partition coefficient (Wildman–Crippen LogP) is 2.25. The van der Waals surface area contributed by atoms with Gasteiger partial charge in [-0.3, -0.25) is 9.59 Å². The number of H-pyrrole nitrogens is 1. The van der Waals surface area contributed by atoms with Gasteiger partial charge in [-0.1, -0.05) is 17.7 Å². The number of benzene rings is 2. The first-order valence-electron chi connectivity index (χ1n) is 10.3. The first-order valence-corrected chi connectivity index (χ1v) is 12.2. The Bertz CT molecular complexity index is 1310. The molecule has 5 rings (SSSR count). The number of carboxylic acid groups (broad SMARTS) is 1. The number of aromatic amines is 1. The summed E-state index contributed by atoms with van der Waals surface area (Å²) in [5, 5.41) is 11.5. The van der Waals surface area contributed by atoms with Gasteiger partial charge >= 0.3 is 0 Å². The average molecular weight is 491 g/mol. The molecule has 33 heavy (non-hydrogen) atoms. The largest absolute Gasteiger partial charge is 0.483 e. The predicted molar refractivity (Wildman–Crippen MR) is 125 cm³/mol. The summed E-state index contributed by atoms with van der Waals surface area (Å²) in [6.07, 6.45) is 3.01. The molecular weight excluding hydrogens is 468 g/mol. The van der Waals surface area contributed by atoms with Crippen molar-refractivity contribution in [2.75, 3.05) is 18.0 Å². The highest BCUT2D eigenvalue weighted by molar-refractivity contribution is 7.89. The van der Waals surface area contributed by atoms with Gasteiger partial charge in [-0.15, -0.1) is 0 Å². The van der Waals surface area contributed by atoms with Crippen molar-refractivity contribution >= 4 is 50.6 Å². The summed E-state index contributed by atoms with van der Waals surface area (Å²) in [5.74, 6) is -0.230. The lowest BCUT2D eigenvalue weighted by Gasteiger charge is -2.22. The van der Waals surface area contributed by atoms with Crippen LogP contribution in [-0.2, 0) is 32.6 Å². The van der Waals surface area contributed by atoms with Crippen molar-refractivity contribution < 1.29 is 23.1 Å². The van der Waals surface area contributed by atoms with Crippen molar-refractivity contribution in [3.63, 3.8) is 0 Å². The second-order valence-electron chi connectivity index (χ2n) is 7.78. The first-order chi connectivity index (χ1) is 15.8. The maximum Gasteiger partial charge on any atom is 0.290 e. The third-order valence-corrected chi connectivity index (χ3v) is 7.59. The number of rotatable bonds is 4. The van der Waals surface area contributed by atoms with Crippen LogP contribution in [0.25, 0.3) is 10.9 Å². The molecule has 1 fully saturated rings. The van der Waals surface area contributed by atoms with Gasteiger partial charge in [0.05, 0.1) is 9.92 Å². The lowest BCUT2D eigenvalue weighted by molar-refractivity contribution is -0.123. The van der Waals surface area contributed by atoms with Crippen LogP contribution in [0, 0.1) is 0 Å². The van der Waals surface area contributed by atoms with Crippen molar-refractivity contribution in [3.05, 3.63) is 58.7 Å². The van der Waals surface area contributed by atoms with Crippen molar-refractivity contribution in [1.29, 1.82) is 0 Å². The number of amides is 1. The Morgan fingerprint density at radius 3 is 2.76 bits per heavy atom.